The van der Waals surface area contributed by atoms with Crippen LogP contribution in [0.15, 0.2) is 23.1 Å². The molecule has 1 heterocycles. The highest BCUT2D eigenvalue weighted by Gasteiger charge is 2.00. The predicted molar refractivity (Wildman–Crippen MR) is 59.8 cm³/mol. The van der Waals surface area contributed by atoms with Gasteiger partial charge in [0.05, 0.1) is 5.69 Å². The van der Waals surface area contributed by atoms with Crippen LogP contribution in [-0.2, 0) is 6.54 Å². The van der Waals surface area contributed by atoms with E-state index in [1.54, 1.807) is 10.6 Å². The van der Waals surface area contributed by atoms with Crippen LogP contribution in [0.2, 0.25) is 0 Å². The van der Waals surface area contributed by atoms with Crippen molar-refractivity contribution >= 4 is 5.69 Å². The number of hydrogen-bond acceptors (Lipinski definition) is 2. The summed E-state index contributed by atoms with van der Waals surface area (Å²) in [5.74, 6) is 0. The van der Waals surface area contributed by atoms with Crippen molar-refractivity contribution in [3.05, 3.63) is 28.7 Å². The minimum Gasteiger partial charge on any atom is -0.381 e. The molecule has 1 N–H and O–H groups in total. The minimum atomic E-state index is 0.0576. The third-order valence-electron chi connectivity index (χ3n) is 2.35. The van der Waals surface area contributed by atoms with Crippen LogP contribution in [0, 0.1) is 0 Å². The summed E-state index contributed by atoms with van der Waals surface area (Å²) < 4.78 is 1.70. The van der Waals surface area contributed by atoms with Crippen molar-refractivity contribution in [2.24, 2.45) is 0 Å². The number of anilines is 1. The summed E-state index contributed by atoms with van der Waals surface area (Å²) in [6, 6.07) is 3.88. The van der Waals surface area contributed by atoms with Gasteiger partial charge in [0.2, 0.25) is 0 Å². The van der Waals surface area contributed by atoms with E-state index in [-0.39, 0.29) is 5.56 Å². The van der Waals surface area contributed by atoms with Crippen LogP contribution in [0.1, 0.15) is 27.2 Å². The minimum absolute atomic E-state index is 0.0576. The zero-order valence-electron chi connectivity index (χ0n) is 9.08. The SMILES string of the molecule is CCC(C)Nc1ccc(=O)n(CC)c1. The molecule has 0 saturated carbocycles. The van der Waals surface area contributed by atoms with E-state index in [9.17, 15) is 4.79 Å². The number of pyridine rings is 1. The summed E-state index contributed by atoms with van der Waals surface area (Å²) in [7, 11) is 0. The van der Waals surface area contributed by atoms with Gasteiger partial charge in [0, 0.05) is 24.8 Å². The van der Waals surface area contributed by atoms with Crippen molar-refractivity contribution in [1.29, 1.82) is 0 Å². The Morgan fingerprint density at radius 2 is 2.14 bits per heavy atom. The van der Waals surface area contributed by atoms with Crippen LogP contribution in [0.25, 0.3) is 0 Å². The maximum absolute atomic E-state index is 11.3. The Bertz CT molecular complexity index is 343. The Kier molecular flexibility index (Phi) is 3.74. The Hall–Kier alpha value is -1.25. The lowest BCUT2D eigenvalue weighted by molar-refractivity contribution is 0.719. The molecule has 1 aromatic heterocycles. The Labute approximate surface area is 84.8 Å². The summed E-state index contributed by atoms with van der Waals surface area (Å²) >= 11 is 0. The molecule has 1 atom stereocenters. The van der Waals surface area contributed by atoms with Gasteiger partial charge in [-0.25, -0.2) is 0 Å². The highest BCUT2D eigenvalue weighted by atomic mass is 16.1. The third-order valence-corrected chi connectivity index (χ3v) is 2.35. The van der Waals surface area contributed by atoms with E-state index < -0.39 is 0 Å². The van der Waals surface area contributed by atoms with Crippen LogP contribution >= 0.6 is 0 Å². The summed E-state index contributed by atoms with van der Waals surface area (Å²) in [6.45, 7) is 6.94. The van der Waals surface area contributed by atoms with Gasteiger partial charge in [-0.1, -0.05) is 6.92 Å². The molecule has 0 fully saturated rings. The molecule has 0 aromatic carbocycles. The molecule has 0 amide bonds. The average Bonchev–Trinajstić information content (AvgIpc) is 2.20. The van der Waals surface area contributed by atoms with Gasteiger partial charge in [0.15, 0.2) is 0 Å². The Balaban J connectivity index is 2.84. The largest absolute Gasteiger partial charge is 0.381 e. The fraction of sp³-hybridized carbons (Fsp3) is 0.545. The molecule has 0 aliphatic heterocycles. The highest BCUT2D eigenvalue weighted by molar-refractivity contribution is 5.41. The number of nitrogens with one attached hydrogen (secondary N) is 1. The first-order chi connectivity index (χ1) is 6.67. The average molecular weight is 194 g/mol. The first kappa shape index (κ1) is 10.8. The molecule has 1 aromatic rings. The van der Waals surface area contributed by atoms with E-state index in [0.717, 1.165) is 18.7 Å². The molecular weight excluding hydrogens is 176 g/mol. The molecule has 3 nitrogen and oxygen atoms in total. The summed E-state index contributed by atoms with van der Waals surface area (Å²) in [6.07, 6.45) is 2.94. The molecule has 14 heavy (non-hydrogen) atoms. The molecular formula is C11H18N2O. The second-order valence-electron chi connectivity index (χ2n) is 3.50. The van der Waals surface area contributed by atoms with E-state index in [2.05, 4.69) is 19.2 Å². The van der Waals surface area contributed by atoms with E-state index in [0.29, 0.717) is 6.04 Å². The lowest BCUT2D eigenvalue weighted by Gasteiger charge is -2.13. The van der Waals surface area contributed by atoms with Gasteiger partial charge in [0.25, 0.3) is 5.56 Å². The Morgan fingerprint density at radius 3 is 2.71 bits per heavy atom. The first-order valence-electron chi connectivity index (χ1n) is 5.14. The van der Waals surface area contributed by atoms with E-state index >= 15 is 0 Å². The van der Waals surface area contributed by atoms with Crippen molar-refractivity contribution in [2.75, 3.05) is 5.32 Å². The predicted octanol–water partition coefficient (Wildman–Crippen LogP) is 2.08. The summed E-state index contributed by atoms with van der Waals surface area (Å²) in [5, 5.41) is 3.33. The number of aromatic nitrogens is 1. The standard InChI is InChI=1S/C11H18N2O/c1-4-9(3)12-10-6-7-11(14)13(5-2)8-10/h6-9,12H,4-5H2,1-3H3. The monoisotopic (exact) mass is 194 g/mol. The van der Waals surface area contributed by atoms with Crippen molar-refractivity contribution in [3.63, 3.8) is 0 Å². The molecule has 0 radical (unpaired) electrons. The summed E-state index contributed by atoms with van der Waals surface area (Å²) in [4.78, 5) is 11.3. The van der Waals surface area contributed by atoms with Gasteiger partial charge in [-0.05, 0) is 26.3 Å². The molecule has 1 rings (SSSR count). The van der Waals surface area contributed by atoms with Gasteiger partial charge < -0.3 is 9.88 Å². The van der Waals surface area contributed by atoms with Gasteiger partial charge >= 0.3 is 0 Å². The van der Waals surface area contributed by atoms with Crippen molar-refractivity contribution in [1.82, 2.24) is 4.57 Å². The molecule has 78 valence electrons. The number of rotatable bonds is 4. The van der Waals surface area contributed by atoms with Crippen LogP contribution < -0.4 is 10.9 Å². The second-order valence-corrected chi connectivity index (χ2v) is 3.50. The highest BCUT2D eigenvalue weighted by Crippen LogP contribution is 2.06. The maximum Gasteiger partial charge on any atom is 0.250 e. The van der Waals surface area contributed by atoms with Gasteiger partial charge in [-0.15, -0.1) is 0 Å². The third kappa shape index (κ3) is 2.62. The molecule has 0 saturated heterocycles. The van der Waals surface area contributed by atoms with Crippen LogP contribution in [0.4, 0.5) is 5.69 Å². The normalized spacial score (nSPS) is 12.5. The van der Waals surface area contributed by atoms with E-state index in [1.807, 2.05) is 19.2 Å². The zero-order valence-corrected chi connectivity index (χ0v) is 9.08. The molecule has 3 heteroatoms. The number of hydrogen-bond donors (Lipinski definition) is 1. The quantitative estimate of drug-likeness (QED) is 0.796. The fourth-order valence-electron chi connectivity index (χ4n) is 1.25. The Morgan fingerprint density at radius 1 is 1.43 bits per heavy atom. The molecule has 0 bridgehead atoms. The van der Waals surface area contributed by atoms with Crippen molar-refractivity contribution in [2.45, 2.75) is 39.8 Å². The molecule has 0 aliphatic carbocycles. The maximum atomic E-state index is 11.3. The van der Waals surface area contributed by atoms with Crippen LogP contribution in [-0.4, -0.2) is 10.6 Å². The molecule has 1 unspecified atom stereocenters. The fourth-order valence-corrected chi connectivity index (χ4v) is 1.25. The smallest absolute Gasteiger partial charge is 0.250 e. The number of nitrogens with zero attached hydrogens (tertiary/aromatic N) is 1. The van der Waals surface area contributed by atoms with Gasteiger partial charge in [-0.3, -0.25) is 4.79 Å². The van der Waals surface area contributed by atoms with Crippen molar-refractivity contribution < 1.29 is 0 Å². The molecule has 0 spiro atoms. The second kappa shape index (κ2) is 4.84. The first-order valence-corrected chi connectivity index (χ1v) is 5.14. The van der Waals surface area contributed by atoms with Crippen molar-refractivity contribution in [3.8, 4) is 0 Å². The zero-order chi connectivity index (χ0) is 10.6. The summed E-state index contributed by atoms with van der Waals surface area (Å²) in [5.41, 5.74) is 1.07. The van der Waals surface area contributed by atoms with E-state index in [1.165, 1.54) is 0 Å². The lowest BCUT2D eigenvalue weighted by atomic mass is 10.2. The lowest BCUT2D eigenvalue weighted by Crippen LogP contribution is -2.20. The van der Waals surface area contributed by atoms with Crippen LogP contribution in [0.3, 0.4) is 0 Å². The van der Waals surface area contributed by atoms with Gasteiger partial charge in [0.1, 0.15) is 0 Å². The number of aryl methyl sites for hydroxylation is 1. The molecule has 0 aliphatic rings. The van der Waals surface area contributed by atoms with E-state index in [4.69, 9.17) is 0 Å². The topological polar surface area (TPSA) is 34.0 Å². The van der Waals surface area contributed by atoms with Crippen LogP contribution in [0.5, 0.6) is 0 Å². The van der Waals surface area contributed by atoms with Gasteiger partial charge in [-0.2, -0.15) is 0 Å².